The van der Waals surface area contributed by atoms with E-state index in [-0.39, 0.29) is 5.50 Å². The molecule has 1 aromatic rings. The van der Waals surface area contributed by atoms with Crippen LogP contribution in [0, 0.1) is 0 Å². The molecule has 5 heteroatoms. The lowest BCUT2D eigenvalue weighted by Gasteiger charge is -1.99. The van der Waals surface area contributed by atoms with Crippen LogP contribution in [-0.2, 0) is 0 Å². The van der Waals surface area contributed by atoms with Gasteiger partial charge < -0.3 is 0 Å². The minimum absolute atomic E-state index is 0.188. The second-order valence-electron chi connectivity index (χ2n) is 2.17. The van der Waals surface area contributed by atoms with Crippen molar-refractivity contribution in [2.75, 3.05) is 0 Å². The molecule has 0 atom stereocenters. The Bertz CT molecular complexity index is 296. The number of hydrogen-bond acceptors (Lipinski definition) is 5. The van der Waals surface area contributed by atoms with Crippen molar-refractivity contribution in [1.29, 1.82) is 0 Å². The van der Waals surface area contributed by atoms with Crippen LogP contribution < -0.4 is 0 Å². The average molecular weight is 178 g/mol. The minimum Gasteiger partial charge on any atom is -0.126 e. The van der Waals surface area contributed by atoms with Gasteiger partial charge in [0.25, 0.3) is 0 Å². The van der Waals surface area contributed by atoms with Crippen molar-refractivity contribution >= 4 is 11.8 Å². The molecule has 0 bridgehead atoms. The van der Waals surface area contributed by atoms with Gasteiger partial charge in [0, 0.05) is 4.90 Å². The standard InChI is InChI=1S/C7H6N4S/c1-2-4-6(5-3-1)12-7-8-10-11-9-7/h1-5,7H. The quantitative estimate of drug-likeness (QED) is 0.686. The molecule has 4 nitrogen and oxygen atoms in total. The van der Waals surface area contributed by atoms with Crippen molar-refractivity contribution in [3.63, 3.8) is 0 Å². The molecule has 1 aromatic carbocycles. The molecule has 0 fully saturated rings. The van der Waals surface area contributed by atoms with E-state index in [1.54, 1.807) is 0 Å². The van der Waals surface area contributed by atoms with Gasteiger partial charge in [-0.05, 0) is 22.6 Å². The van der Waals surface area contributed by atoms with Crippen LogP contribution in [0.3, 0.4) is 0 Å². The second-order valence-corrected chi connectivity index (χ2v) is 3.30. The smallest absolute Gasteiger partial charge is 0.126 e. The number of thioether (sulfide) groups is 1. The monoisotopic (exact) mass is 178 g/mol. The molecule has 1 heterocycles. The predicted octanol–water partition coefficient (Wildman–Crippen LogP) is 2.90. The molecule has 0 aromatic heterocycles. The molecule has 0 unspecified atom stereocenters. The van der Waals surface area contributed by atoms with E-state index in [4.69, 9.17) is 0 Å². The summed E-state index contributed by atoms with van der Waals surface area (Å²) in [6.07, 6.45) is 0. The molecular weight excluding hydrogens is 172 g/mol. The lowest BCUT2D eigenvalue weighted by Crippen LogP contribution is -1.86. The summed E-state index contributed by atoms with van der Waals surface area (Å²) in [5, 5.41) is 14.4. The largest absolute Gasteiger partial charge is 0.235 e. The first-order valence-electron chi connectivity index (χ1n) is 3.47. The van der Waals surface area contributed by atoms with Crippen molar-refractivity contribution in [1.82, 2.24) is 0 Å². The van der Waals surface area contributed by atoms with E-state index in [1.807, 2.05) is 30.3 Å². The maximum Gasteiger partial charge on any atom is 0.235 e. The predicted molar refractivity (Wildman–Crippen MR) is 45.8 cm³/mol. The average Bonchev–Trinajstić information content (AvgIpc) is 2.59. The van der Waals surface area contributed by atoms with Gasteiger partial charge in [0.15, 0.2) is 0 Å². The second kappa shape index (κ2) is 3.44. The Kier molecular flexibility index (Phi) is 2.13. The number of rotatable bonds is 2. The molecule has 0 saturated heterocycles. The molecular formula is C7H6N4S. The topological polar surface area (TPSA) is 49.4 Å². The molecule has 60 valence electrons. The van der Waals surface area contributed by atoms with E-state index in [0.717, 1.165) is 4.90 Å². The van der Waals surface area contributed by atoms with Gasteiger partial charge in [0.1, 0.15) is 0 Å². The lowest BCUT2D eigenvalue weighted by molar-refractivity contribution is 0.967. The number of nitrogens with zero attached hydrogens (tertiary/aromatic N) is 4. The number of hydrogen-bond donors (Lipinski definition) is 0. The molecule has 12 heavy (non-hydrogen) atoms. The maximum absolute atomic E-state index is 3.79. The zero-order chi connectivity index (χ0) is 8.23. The zero-order valence-electron chi connectivity index (χ0n) is 6.16. The Labute approximate surface area is 73.8 Å². The fourth-order valence-corrected chi connectivity index (χ4v) is 1.56. The van der Waals surface area contributed by atoms with E-state index in [1.165, 1.54) is 11.8 Å². The van der Waals surface area contributed by atoms with Crippen LogP contribution in [-0.4, -0.2) is 5.50 Å². The molecule has 0 N–H and O–H groups in total. The van der Waals surface area contributed by atoms with E-state index in [9.17, 15) is 0 Å². The summed E-state index contributed by atoms with van der Waals surface area (Å²) in [6, 6.07) is 9.95. The fraction of sp³-hybridized carbons (Fsp3) is 0.143. The highest BCUT2D eigenvalue weighted by atomic mass is 32.2. The van der Waals surface area contributed by atoms with Crippen molar-refractivity contribution in [3.8, 4) is 0 Å². The Hall–Kier alpha value is -1.23. The Morgan fingerprint density at radius 1 is 1.00 bits per heavy atom. The molecule has 1 aliphatic heterocycles. The summed E-state index contributed by atoms with van der Waals surface area (Å²) in [7, 11) is 0. The van der Waals surface area contributed by atoms with Crippen molar-refractivity contribution in [3.05, 3.63) is 30.3 Å². The lowest BCUT2D eigenvalue weighted by atomic mass is 10.4. The molecule has 0 radical (unpaired) electrons. The van der Waals surface area contributed by atoms with E-state index < -0.39 is 0 Å². The highest BCUT2D eigenvalue weighted by Crippen LogP contribution is 2.27. The van der Waals surface area contributed by atoms with E-state index in [2.05, 4.69) is 20.7 Å². The highest BCUT2D eigenvalue weighted by molar-refractivity contribution is 7.99. The van der Waals surface area contributed by atoms with Gasteiger partial charge >= 0.3 is 0 Å². The third kappa shape index (κ3) is 1.68. The summed E-state index contributed by atoms with van der Waals surface area (Å²) < 4.78 is 0. The summed E-state index contributed by atoms with van der Waals surface area (Å²) in [5.74, 6) is 0. The van der Waals surface area contributed by atoms with Gasteiger partial charge in [0.2, 0.25) is 5.50 Å². The first-order chi connectivity index (χ1) is 5.95. The van der Waals surface area contributed by atoms with Crippen LogP contribution >= 0.6 is 11.8 Å². The number of benzene rings is 1. The van der Waals surface area contributed by atoms with Gasteiger partial charge in [-0.15, -0.1) is 10.2 Å². The first-order valence-corrected chi connectivity index (χ1v) is 4.35. The Morgan fingerprint density at radius 3 is 2.33 bits per heavy atom. The van der Waals surface area contributed by atoms with Crippen molar-refractivity contribution in [2.45, 2.75) is 10.4 Å². The maximum atomic E-state index is 3.79. The van der Waals surface area contributed by atoms with Crippen LogP contribution in [0.4, 0.5) is 0 Å². The normalized spacial score (nSPS) is 15.7. The molecule has 0 aliphatic carbocycles. The van der Waals surface area contributed by atoms with Crippen LogP contribution in [0.5, 0.6) is 0 Å². The van der Waals surface area contributed by atoms with Gasteiger partial charge in [-0.3, -0.25) is 0 Å². The first kappa shape index (κ1) is 7.42. The third-order valence-electron chi connectivity index (χ3n) is 1.33. The molecule has 0 spiro atoms. The third-order valence-corrected chi connectivity index (χ3v) is 2.27. The summed E-state index contributed by atoms with van der Waals surface area (Å²) in [6.45, 7) is 0. The Balaban J connectivity index is 2.04. The Morgan fingerprint density at radius 2 is 1.67 bits per heavy atom. The van der Waals surface area contributed by atoms with E-state index >= 15 is 0 Å². The summed E-state index contributed by atoms with van der Waals surface area (Å²) in [4.78, 5) is 1.13. The van der Waals surface area contributed by atoms with Crippen molar-refractivity contribution < 1.29 is 0 Å². The van der Waals surface area contributed by atoms with Crippen molar-refractivity contribution in [2.24, 2.45) is 20.7 Å². The molecule has 1 aliphatic rings. The van der Waals surface area contributed by atoms with Gasteiger partial charge in [-0.1, -0.05) is 30.0 Å². The van der Waals surface area contributed by atoms with E-state index in [0.29, 0.717) is 0 Å². The van der Waals surface area contributed by atoms with Crippen LogP contribution in [0.25, 0.3) is 0 Å². The van der Waals surface area contributed by atoms with Crippen LogP contribution in [0.15, 0.2) is 55.9 Å². The molecule has 0 amide bonds. The van der Waals surface area contributed by atoms with Gasteiger partial charge in [-0.2, -0.15) is 0 Å². The van der Waals surface area contributed by atoms with Crippen LogP contribution in [0.2, 0.25) is 0 Å². The zero-order valence-corrected chi connectivity index (χ0v) is 6.98. The minimum atomic E-state index is -0.188. The van der Waals surface area contributed by atoms with Crippen LogP contribution in [0.1, 0.15) is 0 Å². The van der Waals surface area contributed by atoms with Gasteiger partial charge in [-0.25, -0.2) is 0 Å². The SMILES string of the molecule is c1ccc(SC2N=NN=N2)cc1. The summed E-state index contributed by atoms with van der Waals surface area (Å²) in [5.41, 5.74) is -0.188. The summed E-state index contributed by atoms with van der Waals surface area (Å²) >= 11 is 1.53. The molecule has 0 saturated carbocycles. The molecule has 2 rings (SSSR count). The van der Waals surface area contributed by atoms with Gasteiger partial charge in [0.05, 0.1) is 0 Å². The fourth-order valence-electron chi connectivity index (χ4n) is 0.826. The highest BCUT2D eigenvalue weighted by Gasteiger charge is 2.09.